The molecule has 156 valence electrons. The Morgan fingerprint density at radius 2 is 1.90 bits per heavy atom. The fourth-order valence-corrected chi connectivity index (χ4v) is 3.18. The van der Waals surface area contributed by atoms with Gasteiger partial charge in [0, 0.05) is 13.1 Å². The van der Waals surface area contributed by atoms with Gasteiger partial charge in [0.25, 0.3) is 0 Å². The van der Waals surface area contributed by atoms with E-state index in [9.17, 15) is 9.18 Å². The van der Waals surface area contributed by atoms with Crippen molar-refractivity contribution >= 4 is 12.0 Å². The van der Waals surface area contributed by atoms with Gasteiger partial charge in [-0.05, 0) is 55.0 Å². The first-order valence-electron chi connectivity index (χ1n) is 9.77. The Morgan fingerprint density at radius 3 is 2.61 bits per heavy atom. The van der Waals surface area contributed by atoms with Gasteiger partial charge in [-0.3, -0.25) is 4.79 Å². The smallest absolute Gasteiger partial charge is 0.246 e. The van der Waals surface area contributed by atoms with Crippen LogP contribution in [0.25, 0.3) is 23.1 Å². The molecule has 1 amide bonds. The van der Waals surface area contributed by atoms with Crippen molar-refractivity contribution < 1.29 is 13.6 Å². The first-order valence-corrected chi connectivity index (χ1v) is 9.77. The molecule has 0 saturated carbocycles. The molecule has 0 radical (unpaired) electrons. The monoisotopic (exact) mass is 416 g/mol. The van der Waals surface area contributed by atoms with Crippen molar-refractivity contribution in [3.05, 3.63) is 96.5 Å². The van der Waals surface area contributed by atoms with Crippen LogP contribution < -0.4 is 0 Å². The summed E-state index contributed by atoms with van der Waals surface area (Å²) in [4.78, 5) is 18.2. The zero-order valence-corrected chi connectivity index (χ0v) is 17.1. The van der Waals surface area contributed by atoms with Gasteiger partial charge in [0.05, 0.1) is 17.3 Å². The van der Waals surface area contributed by atoms with E-state index in [0.717, 1.165) is 11.3 Å². The van der Waals surface area contributed by atoms with E-state index in [1.165, 1.54) is 18.5 Å². The van der Waals surface area contributed by atoms with Crippen LogP contribution in [0.1, 0.15) is 24.3 Å². The zero-order valence-electron chi connectivity index (χ0n) is 17.1. The lowest BCUT2D eigenvalue weighted by atomic mass is 10.1. The molecule has 0 bridgehead atoms. The summed E-state index contributed by atoms with van der Waals surface area (Å²) in [6.45, 7) is 1.96. The maximum absolute atomic E-state index is 13.9. The number of halogens is 1. The average molecular weight is 416 g/mol. The second-order valence-corrected chi connectivity index (χ2v) is 7.07. The van der Waals surface area contributed by atoms with E-state index in [0.29, 0.717) is 17.1 Å². The number of hydrogen-bond donors (Lipinski definition) is 0. The molecule has 31 heavy (non-hydrogen) atoms. The minimum absolute atomic E-state index is 0.132. The van der Waals surface area contributed by atoms with Crippen LogP contribution in [-0.4, -0.2) is 32.6 Å². The first kappa shape index (κ1) is 20.3. The summed E-state index contributed by atoms with van der Waals surface area (Å²) in [5.74, 6) is 0.368. The van der Waals surface area contributed by atoms with Crippen molar-refractivity contribution in [1.82, 2.24) is 19.7 Å². The number of carbonyl (C=O) groups excluding carboxylic acids is 1. The Bertz CT molecular complexity index is 1200. The van der Waals surface area contributed by atoms with E-state index in [1.807, 2.05) is 31.2 Å². The van der Waals surface area contributed by atoms with Gasteiger partial charge in [-0.2, -0.15) is 5.10 Å². The quantitative estimate of drug-likeness (QED) is 0.420. The normalized spacial score (nSPS) is 12.2. The molecule has 4 rings (SSSR count). The maximum Gasteiger partial charge on any atom is 0.246 e. The van der Waals surface area contributed by atoms with E-state index in [-0.39, 0.29) is 17.8 Å². The summed E-state index contributed by atoms with van der Waals surface area (Å²) in [6.07, 6.45) is 6.15. The van der Waals surface area contributed by atoms with Crippen molar-refractivity contribution in [3.63, 3.8) is 0 Å². The number of furan rings is 1. The van der Waals surface area contributed by atoms with Crippen molar-refractivity contribution in [1.29, 1.82) is 0 Å². The Morgan fingerprint density at radius 1 is 1.13 bits per heavy atom. The van der Waals surface area contributed by atoms with Crippen molar-refractivity contribution in [2.75, 3.05) is 7.05 Å². The van der Waals surface area contributed by atoms with Crippen LogP contribution in [0, 0.1) is 5.82 Å². The number of carbonyl (C=O) groups is 1. The minimum Gasteiger partial charge on any atom is -0.457 e. The third-order valence-electron chi connectivity index (χ3n) is 5.14. The standard InChI is InChI=1S/C24H21FN4O2/c1-17(18-7-9-19(10-8-18)29-16-26-15-27-29)28(2)24(30)14-12-20-11-13-23(31-20)21-5-3-4-6-22(21)25/h3-17H,1-2H3/b14-12+/t17-/m0/s1. The number of amides is 1. The Labute approximate surface area is 179 Å². The maximum atomic E-state index is 13.9. The summed E-state index contributed by atoms with van der Waals surface area (Å²) < 4.78 is 21.2. The summed E-state index contributed by atoms with van der Waals surface area (Å²) in [7, 11) is 1.75. The Hall–Kier alpha value is -4.00. The zero-order chi connectivity index (χ0) is 21.8. The molecule has 0 saturated heterocycles. The second kappa shape index (κ2) is 8.79. The molecule has 2 aromatic heterocycles. The van der Waals surface area contributed by atoms with Gasteiger partial charge >= 0.3 is 0 Å². The lowest BCUT2D eigenvalue weighted by molar-refractivity contribution is -0.126. The molecular weight excluding hydrogens is 395 g/mol. The lowest BCUT2D eigenvalue weighted by Crippen LogP contribution is -2.27. The number of hydrogen-bond acceptors (Lipinski definition) is 4. The molecule has 0 aliphatic carbocycles. The summed E-state index contributed by atoms with van der Waals surface area (Å²) in [5.41, 5.74) is 2.27. The molecule has 4 aromatic rings. The number of nitrogens with zero attached hydrogens (tertiary/aromatic N) is 4. The number of benzene rings is 2. The molecule has 0 unspecified atom stereocenters. The molecule has 2 heterocycles. The SMILES string of the molecule is C[C@@H](c1ccc(-n2cncn2)cc1)N(C)C(=O)/C=C/c1ccc(-c2ccccc2F)o1. The van der Waals surface area contributed by atoms with Gasteiger partial charge in [0.2, 0.25) is 5.91 Å². The number of aromatic nitrogens is 3. The molecule has 0 spiro atoms. The fraction of sp³-hybridized carbons (Fsp3) is 0.125. The molecule has 2 aromatic carbocycles. The van der Waals surface area contributed by atoms with Gasteiger partial charge in [0.1, 0.15) is 30.0 Å². The molecule has 7 heteroatoms. The largest absolute Gasteiger partial charge is 0.457 e. The predicted molar refractivity (Wildman–Crippen MR) is 116 cm³/mol. The highest BCUT2D eigenvalue weighted by Gasteiger charge is 2.16. The van der Waals surface area contributed by atoms with E-state index in [2.05, 4.69) is 10.1 Å². The summed E-state index contributed by atoms with van der Waals surface area (Å²) in [5, 5.41) is 4.11. The third kappa shape index (κ3) is 4.45. The van der Waals surface area contributed by atoms with Gasteiger partial charge < -0.3 is 9.32 Å². The van der Waals surface area contributed by atoms with Crippen LogP contribution in [0.3, 0.4) is 0 Å². The molecule has 0 aliphatic heterocycles. The van der Waals surface area contributed by atoms with Gasteiger partial charge in [-0.25, -0.2) is 14.1 Å². The molecular formula is C24H21FN4O2. The Balaban J connectivity index is 1.42. The molecule has 6 nitrogen and oxygen atoms in total. The van der Waals surface area contributed by atoms with E-state index in [4.69, 9.17) is 4.42 Å². The highest BCUT2D eigenvalue weighted by Crippen LogP contribution is 2.25. The third-order valence-corrected chi connectivity index (χ3v) is 5.14. The summed E-state index contributed by atoms with van der Waals surface area (Å²) >= 11 is 0. The van der Waals surface area contributed by atoms with Crippen LogP contribution in [0.15, 0.2) is 83.8 Å². The number of rotatable bonds is 6. The van der Waals surface area contributed by atoms with Crippen LogP contribution in [0.5, 0.6) is 0 Å². The van der Waals surface area contributed by atoms with Crippen LogP contribution in [-0.2, 0) is 4.79 Å². The van der Waals surface area contributed by atoms with Crippen LogP contribution in [0.4, 0.5) is 4.39 Å². The Kier molecular flexibility index (Phi) is 5.75. The number of likely N-dealkylation sites (N-methyl/N-ethyl adjacent to an activating group) is 1. The molecule has 0 aliphatic rings. The fourth-order valence-electron chi connectivity index (χ4n) is 3.18. The van der Waals surface area contributed by atoms with Gasteiger partial charge in [-0.1, -0.05) is 24.3 Å². The predicted octanol–water partition coefficient (Wildman–Crippen LogP) is 4.90. The average Bonchev–Trinajstić information content (AvgIpc) is 3.49. The van der Waals surface area contributed by atoms with Crippen molar-refractivity contribution in [3.8, 4) is 17.0 Å². The lowest BCUT2D eigenvalue weighted by Gasteiger charge is -2.24. The minimum atomic E-state index is -0.355. The molecule has 0 N–H and O–H groups in total. The summed E-state index contributed by atoms with van der Waals surface area (Å²) in [6, 6.07) is 17.4. The van der Waals surface area contributed by atoms with E-state index >= 15 is 0 Å². The van der Waals surface area contributed by atoms with E-state index in [1.54, 1.807) is 59.4 Å². The van der Waals surface area contributed by atoms with Gasteiger partial charge in [-0.15, -0.1) is 0 Å². The topological polar surface area (TPSA) is 64.2 Å². The molecule has 1 atom stereocenters. The van der Waals surface area contributed by atoms with Crippen molar-refractivity contribution in [2.24, 2.45) is 0 Å². The first-order chi connectivity index (χ1) is 15.0. The van der Waals surface area contributed by atoms with E-state index < -0.39 is 0 Å². The van der Waals surface area contributed by atoms with Crippen LogP contribution in [0.2, 0.25) is 0 Å². The highest BCUT2D eigenvalue weighted by molar-refractivity contribution is 5.91. The second-order valence-electron chi connectivity index (χ2n) is 7.07. The molecule has 0 fully saturated rings. The van der Waals surface area contributed by atoms with Gasteiger partial charge in [0.15, 0.2) is 0 Å². The van der Waals surface area contributed by atoms with Crippen LogP contribution >= 0.6 is 0 Å². The highest BCUT2D eigenvalue weighted by atomic mass is 19.1. The van der Waals surface area contributed by atoms with Crippen molar-refractivity contribution in [2.45, 2.75) is 13.0 Å².